The highest BCUT2D eigenvalue weighted by molar-refractivity contribution is 6.07. The Morgan fingerprint density at radius 1 is 1.08 bits per heavy atom. The van der Waals surface area contributed by atoms with E-state index in [9.17, 15) is 14.4 Å². The third kappa shape index (κ3) is 3.18. The molecule has 8 heteroatoms. The fourth-order valence-electron chi connectivity index (χ4n) is 3.96. The maximum atomic E-state index is 12.9. The molecule has 0 bridgehead atoms. The van der Waals surface area contributed by atoms with Crippen molar-refractivity contribution in [2.24, 2.45) is 14.1 Å². The van der Waals surface area contributed by atoms with Gasteiger partial charge >= 0.3 is 6.09 Å². The molecule has 2 atom stereocenters. The van der Waals surface area contributed by atoms with Gasteiger partial charge in [-0.05, 0) is 25.3 Å². The zero-order valence-electron chi connectivity index (χ0n) is 15.2. The number of nitrogens with zero attached hydrogens (tertiary/aromatic N) is 2. The van der Waals surface area contributed by atoms with Crippen molar-refractivity contribution in [1.82, 2.24) is 19.8 Å². The van der Waals surface area contributed by atoms with Gasteiger partial charge in [0.15, 0.2) is 0 Å². The van der Waals surface area contributed by atoms with E-state index in [1.54, 1.807) is 31.1 Å². The van der Waals surface area contributed by atoms with Gasteiger partial charge in [0, 0.05) is 32.5 Å². The highest BCUT2D eigenvalue weighted by Gasteiger charge is 2.29. The first-order valence-electron chi connectivity index (χ1n) is 8.75. The summed E-state index contributed by atoms with van der Waals surface area (Å²) >= 11 is 0. The molecule has 1 fully saturated rings. The number of hydrogen-bond donors (Lipinski definition) is 3. The number of hydrogen-bond acceptors (Lipinski definition) is 3. The number of aromatic nitrogens is 2. The Morgan fingerprint density at radius 2 is 1.69 bits per heavy atom. The largest absolute Gasteiger partial charge is 0.465 e. The van der Waals surface area contributed by atoms with Gasteiger partial charge in [-0.3, -0.25) is 9.59 Å². The number of aryl methyl sites for hydroxylation is 3. The Kier molecular flexibility index (Phi) is 4.76. The molecule has 1 aliphatic carbocycles. The van der Waals surface area contributed by atoms with Crippen molar-refractivity contribution < 1.29 is 14.7 Å². The van der Waals surface area contributed by atoms with Crippen LogP contribution in [0.1, 0.15) is 41.6 Å². The van der Waals surface area contributed by atoms with Gasteiger partial charge in [0.2, 0.25) is 0 Å². The molecular weight excluding hydrogens is 336 g/mol. The van der Waals surface area contributed by atoms with Crippen molar-refractivity contribution >= 4 is 22.9 Å². The average molecular weight is 360 g/mol. The number of amides is 2. The summed E-state index contributed by atoms with van der Waals surface area (Å²) in [5.41, 5.74) is 1.75. The minimum absolute atomic E-state index is 0.222. The van der Waals surface area contributed by atoms with Crippen molar-refractivity contribution in [3.05, 3.63) is 33.9 Å². The van der Waals surface area contributed by atoms with Crippen LogP contribution in [0.2, 0.25) is 0 Å². The summed E-state index contributed by atoms with van der Waals surface area (Å²) in [6, 6.07) is -0.596. The van der Waals surface area contributed by atoms with Crippen LogP contribution in [0.15, 0.2) is 17.2 Å². The lowest BCUT2D eigenvalue weighted by Gasteiger charge is -2.31. The second kappa shape index (κ2) is 6.86. The Morgan fingerprint density at radius 3 is 2.31 bits per heavy atom. The number of nitrogens with one attached hydrogen (secondary N) is 2. The van der Waals surface area contributed by atoms with Crippen molar-refractivity contribution in [3.63, 3.8) is 0 Å². The normalized spacial score (nSPS) is 20.1. The second-order valence-corrected chi connectivity index (χ2v) is 7.03. The lowest BCUT2D eigenvalue weighted by atomic mass is 9.90. The van der Waals surface area contributed by atoms with E-state index in [4.69, 9.17) is 5.11 Å². The van der Waals surface area contributed by atoms with E-state index >= 15 is 0 Å². The number of carbonyl (C=O) groups excluding carboxylic acids is 1. The molecule has 0 aromatic carbocycles. The Bertz CT molecular complexity index is 927. The topological polar surface area (TPSA) is 105 Å². The molecule has 26 heavy (non-hydrogen) atoms. The van der Waals surface area contributed by atoms with E-state index in [1.165, 1.54) is 4.57 Å². The van der Waals surface area contributed by atoms with Crippen molar-refractivity contribution in [1.29, 1.82) is 0 Å². The first-order chi connectivity index (χ1) is 12.3. The molecule has 2 heterocycles. The van der Waals surface area contributed by atoms with Crippen LogP contribution in [0.3, 0.4) is 0 Å². The van der Waals surface area contributed by atoms with E-state index in [1.807, 2.05) is 6.92 Å². The Labute approximate surface area is 150 Å². The zero-order chi connectivity index (χ0) is 19.0. The molecule has 3 rings (SSSR count). The number of pyridine rings is 1. The predicted molar refractivity (Wildman–Crippen MR) is 97.6 cm³/mol. The van der Waals surface area contributed by atoms with Gasteiger partial charge in [-0.15, -0.1) is 0 Å². The van der Waals surface area contributed by atoms with Gasteiger partial charge in [0.25, 0.3) is 11.5 Å². The maximum Gasteiger partial charge on any atom is 0.404 e. The number of fused-ring (bicyclic) bond motifs is 1. The lowest BCUT2D eigenvalue weighted by Crippen LogP contribution is -2.53. The number of carboxylic acid groups (broad SMARTS) is 1. The standard InChI is InChI=1S/C18H24N4O4/c1-10-8-22(3)17(24)14-11(9-21(2)15(10)14)16(23)19-12-6-4-5-7-13(12)20-18(25)26/h8-9,12-13,20H,4-7H2,1-3H3,(H,19,23)(H,25,26)/t12-,13-/m0/s1. The number of carbonyl (C=O) groups is 2. The molecule has 2 amide bonds. The molecule has 3 N–H and O–H groups in total. The second-order valence-electron chi connectivity index (χ2n) is 7.03. The van der Waals surface area contributed by atoms with E-state index < -0.39 is 6.09 Å². The van der Waals surface area contributed by atoms with Gasteiger partial charge in [-0.25, -0.2) is 4.79 Å². The number of rotatable bonds is 3. The van der Waals surface area contributed by atoms with Crippen LogP contribution in [-0.4, -0.2) is 38.3 Å². The average Bonchev–Trinajstić information content (AvgIpc) is 2.92. The molecule has 0 spiro atoms. The molecule has 0 radical (unpaired) electrons. The van der Waals surface area contributed by atoms with Crippen LogP contribution in [0.5, 0.6) is 0 Å². The first-order valence-corrected chi connectivity index (χ1v) is 8.75. The van der Waals surface area contributed by atoms with Crippen LogP contribution in [0, 0.1) is 6.92 Å². The van der Waals surface area contributed by atoms with Gasteiger partial charge < -0.3 is 24.9 Å². The van der Waals surface area contributed by atoms with Gasteiger partial charge in [0.05, 0.1) is 22.5 Å². The van der Waals surface area contributed by atoms with Gasteiger partial charge in [0.1, 0.15) is 0 Å². The summed E-state index contributed by atoms with van der Waals surface area (Å²) in [6.07, 6.45) is 5.57. The van der Waals surface area contributed by atoms with Crippen molar-refractivity contribution in [2.75, 3.05) is 0 Å². The molecule has 0 unspecified atom stereocenters. The maximum absolute atomic E-state index is 12.9. The molecule has 0 saturated heterocycles. The smallest absolute Gasteiger partial charge is 0.404 e. The molecule has 1 aliphatic rings. The molecule has 8 nitrogen and oxygen atoms in total. The molecular formula is C18H24N4O4. The SMILES string of the molecule is Cc1cn(C)c(=O)c2c(C(=O)N[C@H]3CCCC[C@@H]3NC(=O)O)cn(C)c12. The van der Waals surface area contributed by atoms with Crippen LogP contribution in [0.4, 0.5) is 4.79 Å². The zero-order valence-corrected chi connectivity index (χ0v) is 15.2. The fourth-order valence-corrected chi connectivity index (χ4v) is 3.96. The quantitative estimate of drug-likeness (QED) is 0.771. The summed E-state index contributed by atoms with van der Waals surface area (Å²) in [5.74, 6) is -0.345. The van der Waals surface area contributed by atoms with E-state index in [0.717, 1.165) is 23.9 Å². The highest BCUT2D eigenvalue weighted by Crippen LogP contribution is 2.23. The summed E-state index contributed by atoms with van der Waals surface area (Å²) < 4.78 is 3.26. The van der Waals surface area contributed by atoms with Crippen LogP contribution < -0.4 is 16.2 Å². The first kappa shape index (κ1) is 18.0. The Balaban J connectivity index is 1.95. The van der Waals surface area contributed by atoms with Gasteiger partial charge in [-0.1, -0.05) is 12.8 Å². The third-order valence-corrected chi connectivity index (χ3v) is 5.11. The monoisotopic (exact) mass is 360 g/mol. The highest BCUT2D eigenvalue weighted by atomic mass is 16.4. The summed E-state index contributed by atoms with van der Waals surface area (Å²) in [5, 5.41) is 14.8. The van der Waals surface area contributed by atoms with Crippen LogP contribution in [0.25, 0.3) is 10.9 Å². The van der Waals surface area contributed by atoms with Crippen molar-refractivity contribution in [2.45, 2.75) is 44.7 Å². The van der Waals surface area contributed by atoms with E-state index in [0.29, 0.717) is 23.8 Å². The molecule has 2 aromatic heterocycles. The molecule has 2 aromatic rings. The molecule has 140 valence electrons. The molecule has 0 aliphatic heterocycles. The predicted octanol–water partition coefficient (Wildman–Crippen LogP) is 1.49. The summed E-state index contributed by atoms with van der Waals surface area (Å²) in [6.45, 7) is 1.90. The lowest BCUT2D eigenvalue weighted by molar-refractivity contribution is 0.0914. The van der Waals surface area contributed by atoms with E-state index in [-0.39, 0.29) is 23.6 Å². The molecule has 1 saturated carbocycles. The summed E-state index contributed by atoms with van der Waals surface area (Å²) in [4.78, 5) is 36.5. The summed E-state index contributed by atoms with van der Waals surface area (Å²) in [7, 11) is 3.47. The van der Waals surface area contributed by atoms with Crippen LogP contribution in [-0.2, 0) is 14.1 Å². The van der Waals surface area contributed by atoms with E-state index in [2.05, 4.69) is 10.6 Å². The third-order valence-electron chi connectivity index (χ3n) is 5.11. The Hall–Kier alpha value is -2.77. The fraction of sp³-hybridized carbons (Fsp3) is 0.500. The minimum Gasteiger partial charge on any atom is -0.465 e. The van der Waals surface area contributed by atoms with Gasteiger partial charge in [-0.2, -0.15) is 0 Å². The van der Waals surface area contributed by atoms with Crippen molar-refractivity contribution in [3.8, 4) is 0 Å². The minimum atomic E-state index is -1.09. The van der Waals surface area contributed by atoms with Crippen LogP contribution >= 0.6 is 0 Å².